The highest BCUT2D eigenvalue weighted by molar-refractivity contribution is 6.09. The number of pyridine rings is 2. The molecular formula is C27H23FN6O2. The highest BCUT2D eigenvalue weighted by Gasteiger charge is 2.43. The lowest BCUT2D eigenvalue weighted by molar-refractivity contribution is 0.102. The molecule has 1 N–H and O–H groups in total. The van der Waals surface area contributed by atoms with E-state index in [9.17, 15) is 9.18 Å². The van der Waals surface area contributed by atoms with Crippen molar-refractivity contribution in [3.63, 3.8) is 0 Å². The molecular weight excluding hydrogens is 459 g/mol. The van der Waals surface area contributed by atoms with Gasteiger partial charge in [0.15, 0.2) is 0 Å². The second kappa shape index (κ2) is 8.37. The number of hydrogen-bond acceptors (Lipinski definition) is 6. The number of aryl methyl sites for hydroxylation is 3. The quantitative estimate of drug-likeness (QED) is 0.358. The van der Waals surface area contributed by atoms with Gasteiger partial charge in [-0.15, -0.1) is 0 Å². The molecule has 1 aromatic carbocycles. The van der Waals surface area contributed by atoms with Crippen LogP contribution >= 0.6 is 0 Å². The predicted molar refractivity (Wildman–Crippen MR) is 133 cm³/mol. The Kier molecular flexibility index (Phi) is 5.13. The lowest BCUT2D eigenvalue weighted by Gasteiger charge is -2.10. The molecule has 1 aliphatic carbocycles. The van der Waals surface area contributed by atoms with Crippen LogP contribution in [0.3, 0.4) is 0 Å². The van der Waals surface area contributed by atoms with Crippen molar-refractivity contribution in [2.75, 3.05) is 5.32 Å². The van der Waals surface area contributed by atoms with Crippen LogP contribution in [0.15, 0.2) is 59.5 Å². The van der Waals surface area contributed by atoms with Crippen LogP contribution in [-0.4, -0.2) is 36.8 Å². The molecule has 8 nitrogen and oxygen atoms in total. The summed E-state index contributed by atoms with van der Waals surface area (Å²) in [6.07, 6.45) is 4.74. The van der Waals surface area contributed by atoms with Gasteiger partial charge in [0.1, 0.15) is 6.17 Å². The van der Waals surface area contributed by atoms with Crippen molar-refractivity contribution in [3.8, 4) is 22.5 Å². The van der Waals surface area contributed by atoms with E-state index in [4.69, 9.17) is 4.52 Å². The second-order valence-corrected chi connectivity index (χ2v) is 9.24. The third kappa shape index (κ3) is 3.92. The molecule has 6 rings (SSSR count). The number of alkyl halides is 1. The van der Waals surface area contributed by atoms with Crippen molar-refractivity contribution in [2.45, 2.75) is 39.3 Å². The fourth-order valence-corrected chi connectivity index (χ4v) is 4.33. The molecule has 0 saturated heterocycles. The van der Waals surface area contributed by atoms with Gasteiger partial charge in [0.25, 0.3) is 5.91 Å². The average Bonchev–Trinajstić information content (AvgIpc) is 3.23. The molecule has 1 amide bonds. The lowest BCUT2D eigenvalue weighted by Crippen LogP contribution is -2.12. The van der Waals surface area contributed by atoms with E-state index < -0.39 is 6.17 Å². The maximum absolute atomic E-state index is 13.4. The van der Waals surface area contributed by atoms with Crippen molar-refractivity contribution < 1.29 is 13.7 Å². The van der Waals surface area contributed by atoms with Crippen molar-refractivity contribution in [1.82, 2.24) is 24.7 Å². The van der Waals surface area contributed by atoms with Gasteiger partial charge in [0.05, 0.1) is 23.2 Å². The summed E-state index contributed by atoms with van der Waals surface area (Å²) in [7, 11) is 0. The van der Waals surface area contributed by atoms with Gasteiger partial charge in [-0.1, -0.05) is 17.3 Å². The van der Waals surface area contributed by atoms with Crippen LogP contribution in [0.25, 0.3) is 28.0 Å². The van der Waals surface area contributed by atoms with Crippen LogP contribution in [0.1, 0.15) is 45.4 Å². The van der Waals surface area contributed by atoms with Crippen molar-refractivity contribution in [2.24, 2.45) is 0 Å². The summed E-state index contributed by atoms with van der Waals surface area (Å²) in [6.45, 7) is 5.90. The summed E-state index contributed by atoms with van der Waals surface area (Å²) in [6, 6.07) is 11.4. The predicted octanol–water partition coefficient (Wildman–Crippen LogP) is 5.45. The highest BCUT2D eigenvalue weighted by atomic mass is 19.1. The van der Waals surface area contributed by atoms with Crippen LogP contribution in [0.4, 0.5) is 10.1 Å². The Balaban J connectivity index is 1.30. The van der Waals surface area contributed by atoms with Gasteiger partial charge < -0.3 is 9.84 Å². The first kappa shape index (κ1) is 22.1. The van der Waals surface area contributed by atoms with Crippen molar-refractivity contribution in [3.05, 3.63) is 83.3 Å². The number of halogens is 1. The summed E-state index contributed by atoms with van der Waals surface area (Å²) >= 11 is 0. The third-order valence-electron chi connectivity index (χ3n) is 6.54. The van der Waals surface area contributed by atoms with E-state index in [1.807, 2.05) is 63.5 Å². The molecule has 0 unspecified atom stereocenters. The smallest absolute Gasteiger partial charge is 0.259 e. The number of rotatable bonds is 5. The van der Waals surface area contributed by atoms with E-state index in [2.05, 4.69) is 25.5 Å². The molecule has 0 bridgehead atoms. The number of aromatic nitrogens is 5. The zero-order valence-electron chi connectivity index (χ0n) is 20.0. The number of hydrogen-bond donors (Lipinski definition) is 1. The zero-order chi connectivity index (χ0) is 25.0. The minimum atomic E-state index is -0.913. The van der Waals surface area contributed by atoms with Gasteiger partial charge >= 0.3 is 0 Å². The zero-order valence-corrected chi connectivity index (χ0v) is 20.0. The molecule has 1 saturated carbocycles. The van der Waals surface area contributed by atoms with Gasteiger partial charge in [-0.05, 0) is 68.1 Å². The maximum Gasteiger partial charge on any atom is 0.259 e. The van der Waals surface area contributed by atoms with E-state index >= 15 is 0 Å². The monoisotopic (exact) mass is 482 g/mol. The fraction of sp³-hybridized carbons (Fsp3) is 0.222. The standard InChI is InChI=1S/C27H23FN6O2/c1-14-4-5-18(25-32-27(36-33-25)19-11-22(19)28)9-23(14)31-26(35)21-13-30-34-7-6-17(10-24(21)34)20-12-29-16(3)8-15(20)2/h4-10,12-13,19,22H,11H2,1-3H3,(H,31,35)/t19-,22-/m0/s1. The Morgan fingerprint density at radius 3 is 2.69 bits per heavy atom. The number of carbonyl (C=O) groups excluding carboxylic acids is 1. The minimum Gasteiger partial charge on any atom is -0.339 e. The number of nitrogens with one attached hydrogen (secondary N) is 1. The molecule has 0 aliphatic heterocycles. The van der Waals surface area contributed by atoms with Gasteiger partial charge in [-0.3, -0.25) is 9.78 Å². The van der Waals surface area contributed by atoms with E-state index in [1.165, 1.54) is 0 Å². The topological polar surface area (TPSA) is 98.2 Å². The lowest BCUT2D eigenvalue weighted by atomic mass is 10.0. The Morgan fingerprint density at radius 1 is 1.08 bits per heavy atom. The molecule has 0 spiro atoms. The Labute approximate surface area is 206 Å². The van der Waals surface area contributed by atoms with Crippen molar-refractivity contribution in [1.29, 1.82) is 0 Å². The first-order valence-electron chi connectivity index (χ1n) is 11.7. The van der Waals surface area contributed by atoms with Crippen LogP contribution < -0.4 is 5.32 Å². The molecule has 2 atom stereocenters. The highest BCUT2D eigenvalue weighted by Crippen LogP contribution is 2.43. The van der Waals surface area contributed by atoms with E-state index in [0.29, 0.717) is 40.5 Å². The molecule has 4 aromatic heterocycles. The molecule has 1 fully saturated rings. The van der Waals surface area contributed by atoms with E-state index in [-0.39, 0.29) is 11.8 Å². The fourth-order valence-electron chi connectivity index (χ4n) is 4.33. The van der Waals surface area contributed by atoms with Crippen LogP contribution in [0.2, 0.25) is 0 Å². The number of nitrogens with zero attached hydrogens (tertiary/aromatic N) is 5. The first-order chi connectivity index (χ1) is 17.4. The van der Waals surface area contributed by atoms with Crippen molar-refractivity contribution >= 4 is 17.1 Å². The third-order valence-corrected chi connectivity index (χ3v) is 6.54. The van der Waals surface area contributed by atoms with Crippen LogP contribution in [-0.2, 0) is 0 Å². The summed E-state index contributed by atoms with van der Waals surface area (Å²) < 4.78 is 20.3. The Morgan fingerprint density at radius 2 is 1.92 bits per heavy atom. The molecule has 36 heavy (non-hydrogen) atoms. The van der Waals surface area contributed by atoms with Gasteiger partial charge in [0, 0.05) is 34.9 Å². The molecule has 0 radical (unpaired) electrons. The maximum atomic E-state index is 13.4. The molecule has 4 heterocycles. The Bertz CT molecular complexity index is 1640. The second-order valence-electron chi connectivity index (χ2n) is 9.24. The number of carbonyl (C=O) groups is 1. The summed E-state index contributed by atoms with van der Waals surface area (Å²) in [5.74, 6) is 0.0798. The molecule has 9 heteroatoms. The number of anilines is 1. The van der Waals surface area contributed by atoms with Crippen LogP contribution in [0.5, 0.6) is 0 Å². The van der Waals surface area contributed by atoms with Gasteiger partial charge in [-0.25, -0.2) is 8.91 Å². The summed E-state index contributed by atoms with van der Waals surface area (Å²) in [5, 5.41) is 11.3. The minimum absolute atomic E-state index is 0.284. The average molecular weight is 483 g/mol. The summed E-state index contributed by atoms with van der Waals surface area (Å²) in [5.41, 5.74) is 7.33. The summed E-state index contributed by atoms with van der Waals surface area (Å²) in [4.78, 5) is 22.1. The molecule has 180 valence electrons. The molecule has 5 aromatic rings. The normalized spacial score (nSPS) is 16.9. The SMILES string of the molecule is Cc1cc(C)c(-c2ccn3ncc(C(=O)Nc4cc(-c5noc([C@H]6C[C@@H]6F)n5)ccc4C)c3c2)cn1. The number of fused-ring (bicyclic) bond motifs is 1. The van der Waals surface area contributed by atoms with Crippen LogP contribution in [0, 0.1) is 20.8 Å². The molecule has 1 aliphatic rings. The largest absolute Gasteiger partial charge is 0.339 e. The first-order valence-corrected chi connectivity index (χ1v) is 11.7. The van der Waals surface area contributed by atoms with Gasteiger partial charge in [0.2, 0.25) is 11.7 Å². The van der Waals surface area contributed by atoms with E-state index in [0.717, 1.165) is 27.9 Å². The van der Waals surface area contributed by atoms with Gasteiger partial charge in [-0.2, -0.15) is 10.1 Å². The van der Waals surface area contributed by atoms with E-state index in [1.54, 1.807) is 16.8 Å². The number of amides is 1. The Hall–Kier alpha value is -4.40. The number of benzene rings is 1.